The fourth-order valence-electron chi connectivity index (χ4n) is 1.67. The Morgan fingerprint density at radius 1 is 1.26 bits per heavy atom. The van der Waals surface area contributed by atoms with Gasteiger partial charge in [-0.25, -0.2) is 9.86 Å². The van der Waals surface area contributed by atoms with Gasteiger partial charge in [0.05, 0.1) is 12.2 Å². The predicted octanol–water partition coefficient (Wildman–Crippen LogP) is 2.03. The number of aldehydes is 1. The van der Waals surface area contributed by atoms with Crippen LogP contribution < -0.4 is 5.32 Å². The van der Waals surface area contributed by atoms with Gasteiger partial charge in [0.15, 0.2) is 6.29 Å². The lowest BCUT2D eigenvalue weighted by atomic mass is 10.1. The fraction of sp³-hybridized carbons (Fsp3) is 0.438. The largest absolute Gasteiger partial charge is 0.444 e. The summed E-state index contributed by atoms with van der Waals surface area (Å²) < 4.78 is 5.07. The maximum atomic E-state index is 12.2. The minimum atomic E-state index is -0.573. The number of rotatable bonds is 6. The molecule has 0 unspecified atom stereocenters. The summed E-state index contributed by atoms with van der Waals surface area (Å²) in [5, 5.41) is 3.54. The fourth-order valence-corrected chi connectivity index (χ4v) is 1.67. The Labute approximate surface area is 135 Å². The molecule has 0 aliphatic rings. The predicted molar refractivity (Wildman–Crippen MR) is 84.1 cm³/mol. The molecule has 1 N–H and O–H groups in total. The standard InChI is InChI=1S/C16H22N2O5/c1-16(2,3)23-15(21)17-9-10-22-18(4)14(20)13-8-6-5-7-12(13)11-19/h5-8,11H,9-10H2,1-4H3,(H,17,21). The van der Waals surface area contributed by atoms with Crippen molar-refractivity contribution in [1.29, 1.82) is 0 Å². The molecule has 0 radical (unpaired) electrons. The molecule has 0 heterocycles. The Hall–Kier alpha value is -2.41. The zero-order valence-electron chi connectivity index (χ0n) is 13.8. The molecule has 7 nitrogen and oxygen atoms in total. The summed E-state index contributed by atoms with van der Waals surface area (Å²) in [5.74, 6) is -0.440. The second-order valence-corrected chi connectivity index (χ2v) is 5.77. The Kier molecular flexibility index (Phi) is 6.71. The molecule has 0 aromatic heterocycles. The average molecular weight is 322 g/mol. The molecule has 7 heteroatoms. The topological polar surface area (TPSA) is 84.9 Å². The number of benzene rings is 1. The number of amides is 2. The molecule has 0 saturated carbocycles. The average Bonchev–Trinajstić information content (AvgIpc) is 2.48. The number of alkyl carbamates (subject to hydrolysis) is 1. The van der Waals surface area contributed by atoms with Crippen LogP contribution in [0.5, 0.6) is 0 Å². The zero-order valence-corrected chi connectivity index (χ0v) is 13.8. The number of hydrogen-bond donors (Lipinski definition) is 1. The molecule has 0 bridgehead atoms. The number of carbonyl (C=O) groups excluding carboxylic acids is 3. The van der Waals surface area contributed by atoms with Crippen molar-refractivity contribution >= 4 is 18.3 Å². The molecule has 1 aromatic rings. The molecule has 126 valence electrons. The lowest BCUT2D eigenvalue weighted by Gasteiger charge is -2.20. The SMILES string of the molecule is CN(OCCNC(=O)OC(C)(C)C)C(=O)c1ccccc1C=O. The van der Waals surface area contributed by atoms with Crippen LogP contribution in [0.1, 0.15) is 41.5 Å². The van der Waals surface area contributed by atoms with Crippen LogP contribution in [0.2, 0.25) is 0 Å². The van der Waals surface area contributed by atoms with E-state index in [0.29, 0.717) is 11.8 Å². The van der Waals surface area contributed by atoms with Crippen molar-refractivity contribution < 1.29 is 24.0 Å². The zero-order chi connectivity index (χ0) is 17.5. The molecule has 0 atom stereocenters. The Bertz CT molecular complexity index is 566. The highest BCUT2D eigenvalue weighted by Gasteiger charge is 2.17. The number of hydroxylamine groups is 2. The highest BCUT2D eigenvalue weighted by Crippen LogP contribution is 2.09. The first-order valence-corrected chi connectivity index (χ1v) is 7.16. The van der Waals surface area contributed by atoms with Gasteiger partial charge in [0, 0.05) is 19.2 Å². The van der Waals surface area contributed by atoms with Crippen molar-refractivity contribution in [2.24, 2.45) is 0 Å². The highest BCUT2D eigenvalue weighted by atomic mass is 16.7. The summed E-state index contributed by atoms with van der Waals surface area (Å²) in [4.78, 5) is 39.8. The van der Waals surface area contributed by atoms with E-state index in [1.807, 2.05) is 0 Å². The second kappa shape index (κ2) is 8.28. The van der Waals surface area contributed by atoms with Crippen LogP contribution in [0.25, 0.3) is 0 Å². The summed E-state index contributed by atoms with van der Waals surface area (Å²) in [6.45, 7) is 5.56. The van der Waals surface area contributed by atoms with Crippen LogP contribution >= 0.6 is 0 Å². The molecule has 1 aromatic carbocycles. The van der Waals surface area contributed by atoms with E-state index in [-0.39, 0.29) is 18.7 Å². The van der Waals surface area contributed by atoms with E-state index < -0.39 is 17.6 Å². The molecule has 0 aliphatic heterocycles. The van der Waals surface area contributed by atoms with E-state index in [1.165, 1.54) is 7.05 Å². The van der Waals surface area contributed by atoms with Gasteiger partial charge in [0.25, 0.3) is 5.91 Å². The summed E-state index contributed by atoms with van der Waals surface area (Å²) in [6, 6.07) is 6.44. The third kappa shape index (κ3) is 6.48. The number of carbonyl (C=O) groups is 3. The van der Waals surface area contributed by atoms with Gasteiger partial charge in [-0.2, -0.15) is 0 Å². The Balaban J connectivity index is 2.42. The lowest BCUT2D eigenvalue weighted by Crippen LogP contribution is -2.36. The molecule has 0 aliphatic carbocycles. The maximum absolute atomic E-state index is 12.2. The van der Waals surface area contributed by atoms with E-state index in [4.69, 9.17) is 9.57 Å². The Morgan fingerprint density at radius 2 is 1.91 bits per heavy atom. The first-order chi connectivity index (χ1) is 10.7. The number of ether oxygens (including phenoxy) is 1. The van der Waals surface area contributed by atoms with E-state index in [1.54, 1.807) is 45.0 Å². The van der Waals surface area contributed by atoms with Crippen molar-refractivity contribution in [3.63, 3.8) is 0 Å². The van der Waals surface area contributed by atoms with Gasteiger partial charge in [-0.15, -0.1) is 0 Å². The normalized spacial score (nSPS) is 10.8. The second-order valence-electron chi connectivity index (χ2n) is 5.77. The van der Waals surface area contributed by atoms with Gasteiger partial charge in [0.2, 0.25) is 0 Å². The van der Waals surface area contributed by atoms with Gasteiger partial charge in [0.1, 0.15) is 5.60 Å². The van der Waals surface area contributed by atoms with E-state index in [2.05, 4.69) is 5.32 Å². The van der Waals surface area contributed by atoms with Crippen LogP contribution in [-0.4, -0.2) is 49.2 Å². The van der Waals surface area contributed by atoms with Crippen molar-refractivity contribution in [2.75, 3.05) is 20.2 Å². The van der Waals surface area contributed by atoms with Gasteiger partial charge in [-0.1, -0.05) is 18.2 Å². The van der Waals surface area contributed by atoms with Gasteiger partial charge in [-0.05, 0) is 26.8 Å². The monoisotopic (exact) mass is 322 g/mol. The lowest BCUT2D eigenvalue weighted by molar-refractivity contribution is -0.104. The van der Waals surface area contributed by atoms with Crippen LogP contribution in [0.4, 0.5) is 4.79 Å². The summed E-state index contributed by atoms with van der Waals surface area (Å²) in [5.41, 5.74) is -0.0269. The van der Waals surface area contributed by atoms with Crippen molar-refractivity contribution in [3.8, 4) is 0 Å². The molecule has 0 saturated heterocycles. The van der Waals surface area contributed by atoms with Crippen LogP contribution in [0.15, 0.2) is 24.3 Å². The van der Waals surface area contributed by atoms with Gasteiger partial charge in [-0.3, -0.25) is 14.4 Å². The summed E-state index contributed by atoms with van der Waals surface area (Å²) >= 11 is 0. The first kappa shape index (κ1) is 18.6. The number of nitrogens with zero attached hydrogens (tertiary/aromatic N) is 1. The molecule has 0 spiro atoms. The molecular weight excluding hydrogens is 300 g/mol. The molecule has 23 heavy (non-hydrogen) atoms. The van der Waals surface area contributed by atoms with E-state index in [0.717, 1.165) is 5.06 Å². The highest BCUT2D eigenvalue weighted by molar-refractivity contribution is 6.00. The molecule has 2 amide bonds. The van der Waals surface area contributed by atoms with Crippen LogP contribution in [0.3, 0.4) is 0 Å². The molecule has 0 fully saturated rings. The van der Waals surface area contributed by atoms with Crippen LogP contribution in [0, 0.1) is 0 Å². The quantitative estimate of drug-likeness (QED) is 0.492. The number of hydrogen-bond acceptors (Lipinski definition) is 5. The third-order valence-corrected chi connectivity index (χ3v) is 2.66. The smallest absolute Gasteiger partial charge is 0.407 e. The maximum Gasteiger partial charge on any atom is 0.407 e. The number of nitrogens with one attached hydrogen (secondary N) is 1. The van der Waals surface area contributed by atoms with Crippen molar-refractivity contribution in [3.05, 3.63) is 35.4 Å². The Morgan fingerprint density at radius 3 is 2.52 bits per heavy atom. The third-order valence-electron chi connectivity index (χ3n) is 2.66. The van der Waals surface area contributed by atoms with Gasteiger partial charge < -0.3 is 10.1 Å². The van der Waals surface area contributed by atoms with E-state index in [9.17, 15) is 14.4 Å². The van der Waals surface area contributed by atoms with Crippen molar-refractivity contribution in [1.82, 2.24) is 10.4 Å². The minimum absolute atomic E-state index is 0.0880. The first-order valence-electron chi connectivity index (χ1n) is 7.16. The minimum Gasteiger partial charge on any atom is -0.444 e. The summed E-state index contributed by atoms with van der Waals surface area (Å²) in [6.07, 6.45) is 0.0619. The van der Waals surface area contributed by atoms with E-state index >= 15 is 0 Å². The molecular formula is C16H22N2O5. The van der Waals surface area contributed by atoms with Crippen molar-refractivity contribution in [2.45, 2.75) is 26.4 Å². The van der Waals surface area contributed by atoms with Gasteiger partial charge >= 0.3 is 6.09 Å². The van der Waals surface area contributed by atoms with Crippen LogP contribution in [-0.2, 0) is 9.57 Å². The summed E-state index contributed by atoms with van der Waals surface area (Å²) in [7, 11) is 1.44. The molecule has 1 rings (SSSR count).